The van der Waals surface area contributed by atoms with Gasteiger partial charge in [0.25, 0.3) is 10.0 Å². The number of alkyl halides is 3. The van der Waals surface area contributed by atoms with E-state index in [9.17, 15) is 21.6 Å². The number of hydrogen-bond donors (Lipinski definition) is 1. The summed E-state index contributed by atoms with van der Waals surface area (Å²) in [7, 11) is -4.00. The first-order valence-electron chi connectivity index (χ1n) is 9.12. The molecule has 1 N–H and O–H groups in total. The molecule has 7 nitrogen and oxygen atoms in total. The van der Waals surface area contributed by atoms with E-state index >= 15 is 0 Å². The third kappa shape index (κ3) is 6.32. The fraction of sp³-hybridized carbons (Fsp3) is 0.200. The minimum absolute atomic E-state index is 0.209. The third-order valence-corrected chi connectivity index (χ3v) is 5.29. The summed E-state index contributed by atoms with van der Waals surface area (Å²) >= 11 is 0. The Labute approximate surface area is 176 Å². The van der Waals surface area contributed by atoms with Gasteiger partial charge >= 0.3 is 6.36 Å². The number of nitrogens with one attached hydrogen (secondary N) is 1. The van der Waals surface area contributed by atoms with Crippen molar-refractivity contribution in [1.82, 2.24) is 10.2 Å². The van der Waals surface area contributed by atoms with Gasteiger partial charge in [0, 0.05) is 17.3 Å². The van der Waals surface area contributed by atoms with Crippen LogP contribution >= 0.6 is 0 Å². The molecular formula is C20H18F3N3O4S. The van der Waals surface area contributed by atoms with E-state index in [1.165, 1.54) is 12.1 Å². The molecule has 0 amide bonds. The SMILES string of the molecule is CCCOc1ccc(-c2ccc(NS(=O)(=O)c3ccc(OC(F)(F)F)cc3)cc2)nn1. The summed E-state index contributed by atoms with van der Waals surface area (Å²) in [5.74, 6) is -0.0929. The lowest BCUT2D eigenvalue weighted by Crippen LogP contribution is -2.17. The second-order valence-electron chi connectivity index (χ2n) is 6.31. The van der Waals surface area contributed by atoms with Gasteiger partial charge in [-0.1, -0.05) is 19.1 Å². The maximum Gasteiger partial charge on any atom is 0.573 e. The summed E-state index contributed by atoms with van der Waals surface area (Å²) in [4.78, 5) is -0.209. The number of anilines is 1. The first-order chi connectivity index (χ1) is 14.7. The van der Waals surface area contributed by atoms with Crippen molar-refractivity contribution in [3.63, 3.8) is 0 Å². The van der Waals surface area contributed by atoms with Crippen LogP contribution in [0.5, 0.6) is 11.6 Å². The van der Waals surface area contributed by atoms with Crippen LogP contribution in [0.1, 0.15) is 13.3 Å². The Morgan fingerprint density at radius 1 is 0.935 bits per heavy atom. The van der Waals surface area contributed by atoms with Crippen LogP contribution in [0.25, 0.3) is 11.3 Å². The molecule has 0 saturated carbocycles. The Bertz CT molecular complexity index is 1100. The molecule has 31 heavy (non-hydrogen) atoms. The highest BCUT2D eigenvalue weighted by Crippen LogP contribution is 2.25. The van der Waals surface area contributed by atoms with E-state index in [-0.39, 0.29) is 10.6 Å². The number of hydrogen-bond acceptors (Lipinski definition) is 6. The van der Waals surface area contributed by atoms with Crippen molar-refractivity contribution in [3.8, 4) is 22.9 Å². The molecule has 0 saturated heterocycles. The van der Waals surface area contributed by atoms with Gasteiger partial charge in [-0.05, 0) is 48.9 Å². The van der Waals surface area contributed by atoms with Crippen LogP contribution in [0.15, 0.2) is 65.6 Å². The quantitative estimate of drug-likeness (QED) is 0.535. The van der Waals surface area contributed by atoms with E-state index in [0.717, 1.165) is 30.7 Å². The lowest BCUT2D eigenvalue weighted by Gasteiger charge is -2.11. The van der Waals surface area contributed by atoms with Gasteiger partial charge in [-0.15, -0.1) is 23.4 Å². The van der Waals surface area contributed by atoms with Gasteiger partial charge < -0.3 is 9.47 Å². The zero-order valence-electron chi connectivity index (χ0n) is 16.3. The predicted molar refractivity (Wildman–Crippen MR) is 107 cm³/mol. The van der Waals surface area contributed by atoms with Crippen molar-refractivity contribution in [2.75, 3.05) is 11.3 Å². The van der Waals surface area contributed by atoms with Gasteiger partial charge in [0.15, 0.2) is 0 Å². The molecule has 1 heterocycles. The van der Waals surface area contributed by atoms with E-state index < -0.39 is 22.1 Å². The molecule has 0 spiro atoms. The van der Waals surface area contributed by atoms with Crippen molar-refractivity contribution in [2.24, 2.45) is 0 Å². The summed E-state index contributed by atoms with van der Waals surface area (Å²) in [6.07, 6.45) is -4.00. The normalized spacial score (nSPS) is 11.7. The second kappa shape index (κ2) is 9.21. The van der Waals surface area contributed by atoms with Crippen LogP contribution in [0.4, 0.5) is 18.9 Å². The third-order valence-electron chi connectivity index (χ3n) is 3.89. The summed E-state index contributed by atoms with van der Waals surface area (Å²) < 4.78 is 73.1. The molecule has 0 unspecified atom stereocenters. The molecule has 1 aromatic heterocycles. The molecule has 3 rings (SSSR count). The summed E-state index contributed by atoms with van der Waals surface area (Å²) in [6, 6.07) is 13.7. The van der Waals surface area contributed by atoms with E-state index in [0.29, 0.717) is 23.7 Å². The number of ether oxygens (including phenoxy) is 2. The van der Waals surface area contributed by atoms with Crippen LogP contribution in [-0.4, -0.2) is 31.6 Å². The Hall–Kier alpha value is -3.34. The minimum Gasteiger partial charge on any atom is -0.477 e. The van der Waals surface area contributed by atoms with Gasteiger partial charge in [0.2, 0.25) is 5.88 Å². The monoisotopic (exact) mass is 453 g/mol. The van der Waals surface area contributed by atoms with Crippen LogP contribution in [0.3, 0.4) is 0 Å². The average Bonchev–Trinajstić information content (AvgIpc) is 2.72. The van der Waals surface area contributed by atoms with Gasteiger partial charge in [0.1, 0.15) is 5.75 Å². The Morgan fingerprint density at radius 3 is 2.16 bits per heavy atom. The first-order valence-corrected chi connectivity index (χ1v) is 10.6. The highest BCUT2D eigenvalue weighted by atomic mass is 32.2. The molecule has 0 fully saturated rings. The van der Waals surface area contributed by atoms with E-state index in [2.05, 4.69) is 19.7 Å². The van der Waals surface area contributed by atoms with E-state index in [4.69, 9.17) is 4.74 Å². The van der Waals surface area contributed by atoms with Gasteiger partial charge in [0.05, 0.1) is 17.2 Å². The van der Waals surface area contributed by atoms with Crippen molar-refractivity contribution >= 4 is 15.7 Å². The van der Waals surface area contributed by atoms with Crippen molar-refractivity contribution < 1.29 is 31.1 Å². The molecule has 0 aliphatic heterocycles. The van der Waals surface area contributed by atoms with Crippen molar-refractivity contribution in [3.05, 3.63) is 60.7 Å². The molecule has 11 heteroatoms. The topological polar surface area (TPSA) is 90.4 Å². The molecule has 0 atom stereocenters. The molecule has 0 bridgehead atoms. The lowest BCUT2D eigenvalue weighted by atomic mass is 10.1. The molecule has 164 valence electrons. The van der Waals surface area contributed by atoms with Gasteiger partial charge in [-0.3, -0.25) is 4.72 Å². The highest BCUT2D eigenvalue weighted by molar-refractivity contribution is 7.92. The summed E-state index contributed by atoms with van der Waals surface area (Å²) in [5, 5.41) is 8.06. The van der Waals surface area contributed by atoms with Crippen LogP contribution in [0, 0.1) is 0 Å². The van der Waals surface area contributed by atoms with E-state index in [1.54, 1.807) is 24.3 Å². The fourth-order valence-corrected chi connectivity index (χ4v) is 3.56. The number of nitrogens with zero attached hydrogens (tertiary/aromatic N) is 2. The Morgan fingerprint density at radius 2 is 1.61 bits per heavy atom. The van der Waals surface area contributed by atoms with Gasteiger partial charge in [-0.25, -0.2) is 8.42 Å². The second-order valence-corrected chi connectivity index (χ2v) is 7.99. The molecular weight excluding hydrogens is 435 g/mol. The Kier molecular flexibility index (Phi) is 6.64. The van der Waals surface area contributed by atoms with Crippen LogP contribution < -0.4 is 14.2 Å². The zero-order chi connectivity index (χ0) is 22.5. The molecule has 3 aromatic rings. The number of aromatic nitrogens is 2. The fourth-order valence-electron chi connectivity index (χ4n) is 2.50. The maximum absolute atomic E-state index is 12.5. The van der Waals surface area contributed by atoms with Gasteiger partial charge in [-0.2, -0.15) is 0 Å². The summed E-state index contributed by atoms with van der Waals surface area (Å²) in [6.45, 7) is 2.52. The van der Waals surface area contributed by atoms with Crippen molar-refractivity contribution in [2.45, 2.75) is 24.6 Å². The maximum atomic E-state index is 12.5. The number of halogens is 3. The first kappa shape index (κ1) is 22.3. The number of sulfonamides is 1. The molecule has 0 aliphatic carbocycles. The molecule has 2 aromatic carbocycles. The largest absolute Gasteiger partial charge is 0.573 e. The number of benzene rings is 2. The smallest absolute Gasteiger partial charge is 0.477 e. The predicted octanol–water partition coefficient (Wildman–Crippen LogP) is 4.63. The van der Waals surface area contributed by atoms with Crippen LogP contribution in [-0.2, 0) is 10.0 Å². The number of rotatable bonds is 8. The van der Waals surface area contributed by atoms with Crippen LogP contribution in [0.2, 0.25) is 0 Å². The minimum atomic E-state index is -4.85. The molecule has 0 radical (unpaired) electrons. The lowest BCUT2D eigenvalue weighted by molar-refractivity contribution is -0.274. The zero-order valence-corrected chi connectivity index (χ0v) is 17.1. The standard InChI is InChI=1S/C20H18F3N3O4S/c1-2-13-29-19-12-11-18(24-25-19)14-3-5-15(6-4-14)26-31(27,28)17-9-7-16(8-10-17)30-20(21,22)23/h3-12,26H,2,13H2,1H3. The molecule has 0 aliphatic rings. The Balaban J connectivity index is 1.68. The summed E-state index contributed by atoms with van der Waals surface area (Å²) in [5.41, 5.74) is 1.57. The highest BCUT2D eigenvalue weighted by Gasteiger charge is 2.31. The van der Waals surface area contributed by atoms with Crippen molar-refractivity contribution in [1.29, 1.82) is 0 Å². The average molecular weight is 453 g/mol. The van der Waals surface area contributed by atoms with E-state index in [1.807, 2.05) is 6.92 Å².